The molecule has 0 saturated carbocycles. The average molecular weight is 870 g/mol. The fourth-order valence-electron chi connectivity index (χ4n) is 5.80. The van der Waals surface area contributed by atoms with Crippen LogP contribution in [0.5, 0.6) is 5.75 Å². The van der Waals surface area contributed by atoms with E-state index in [1.165, 1.54) is 24.8 Å². The number of Topliss-reactive ketones (excluding diaryl/α,β-unsaturated/α-hetero) is 1. The summed E-state index contributed by atoms with van der Waals surface area (Å²) in [4.78, 5) is 60.4. The maximum Gasteiger partial charge on any atom is 0.341 e. The van der Waals surface area contributed by atoms with Crippen LogP contribution >= 0.6 is 46.6 Å². The molecule has 2 aromatic rings. The van der Waals surface area contributed by atoms with Crippen LogP contribution in [-0.2, 0) is 20.8 Å². The third kappa shape index (κ3) is 13.5. The Balaban J connectivity index is 0.000000306. The van der Waals surface area contributed by atoms with Gasteiger partial charge >= 0.3 is 11.9 Å². The second-order valence-corrected chi connectivity index (χ2v) is 16.2. The van der Waals surface area contributed by atoms with Crippen LogP contribution in [0.3, 0.4) is 0 Å². The molecule has 57 heavy (non-hydrogen) atoms. The number of halogens is 3. The summed E-state index contributed by atoms with van der Waals surface area (Å²) in [6, 6.07) is 4.47. The number of allylic oxidation sites excluding steroid dienone is 2. The van der Waals surface area contributed by atoms with Crippen molar-refractivity contribution in [3.8, 4) is 5.75 Å². The number of carbonyl (C=O) groups is 4. The third-order valence-electron chi connectivity index (χ3n) is 9.14. The number of aliphatic hydroxyl groups is 1. The van der Waals surface area contributed by atoms with Gasteiger partial charge in [-0.15, -0.1) is 0 Å². The van der Waals surface area contributed by atoms with Gasteiger partial charge in [0.15, 0.2) is 17.4 Å². The van der Waals surface area contributed by atoms with E-state index in [4.69, 9.17) is 49.5 Å². The largest absolute Gasteiger partial charge is 0.511 e. The van der Waals surface area contributed by atoms with E-state index in [-0.39, 0.29) is 74.3 Å². The summed E-state index contributed by atoms with van der Waals surface area (Å²) >= 11 is 18.7. The minimum Gasteiger partial charge on any atom is -0.511 e. The minimum absolute atomic E-state index is 0.00167. The molecule has 2 aliphatic rings. The molecule has 1 aliphatic heterocycles. The van der Waals surface area contributed by atoms with E-state index in [2.05, 4.69) is 34.3 Å². The van der Waals surface area contributed by atoms with Crippen molar-refractivity contribution in [2.45, 2.75) is 91.4 Å². The predicted molar refractivity (Wildman–Crippen MR) is 227 cm³/mol. The number of pyridine rings is 1. The summed E-state index contributed by atoms with van der Waals surface area (Å²) in [6.07, 6.45) is 6.39. The molecule has 4 rings (SSSR count). The summed E-state index contributed by atoms with van der Waals surface area (Å²) in [5, 5.41) is 35.9. The average Bonchev–Trinajstić information content (AvgIpc) is 3.47. The zero-order valence-electron chi connectivity index (χ0n) is 33.3. The van der Waals surface area contributed by atoms with Gasteiger partial charge in [0.2, 0.25) is 0 Å². The normalized spacial score (nSPS) is 18.6. The number of thioether (sulfide) groups is 1. The fourth-order valence-corrected chi connectivity index (χ4v) is 7.32. The number of methoxy groups -OCH3 is 1. The molecule has 0 spiro atoms. The summed E-state index contributed by atoms with van der Waals surface area (Å²) < 4.78 is 4.82. The molecule has 17 heteroatoms. The zero-order valence-corrected chi connectivity index (χ0v) is 36.4. The number of hydrogen-bond acceptors (Lipinski definition) is 11. The van der Waals surface area contributed by atoms with Crippen molar-refractivity contribution < 1.29 is 44.1 Å². The highest BCUT2D eigenvalue weighted by molar-refractivity contribution is 7.99. The Morgan fingerprint density at radius 2 is 1.77 bits per heavy atom. The van der Waals surface area contributed by atoms with E-state index in [0.29, 0.717) is 42.2 Å². The first-order valence-corrected chi connectivity index (χ1v) is 20.5. The molecule has 2 heterocycles. The van der Waals surface area contributed by atoms with Crippen molar-refractivity contribution in [2.24, 2.45) is 22.0 Å². The number of oxime groups is 1. The highest BCUT2D eigenvalue weighted by atomic mass is 35.5. The number of rotatable bonds is 15. The number of amides is 1. The van der Waals surface area contributed by atoms with Gasteiger partial charge in [-0.05, 0) is 73.6 Å². The number of ketones is 1. The van der Waals surface area contributed by atoms with Crippen molar-refractivity contribution >= 4 is 81.7 Å². The molecule has 13 nitrogen and oxygen atoms in total. The van der Waals surface area contributed by atoms with Gasteiger partial charge in [-0.3, -0.25) is 14.6 Å². The smallest absolute Gasteiger partial charge is 0.341 e. The summed E-state index contributed by atoms with van der Waals surface area (Å²) in [5.74, 6) is -0.774. The molecule has 0 radical (unpaired) electrons. The minimum atomic E-state index is -1.16. The Labute approximate surface area is 352 Å². The van der Waals surface area contributed by atoms with E-state index in [1.54, 1.807) is 25.3 Å². The van der Waals surface area contributed by atoms with Crippen LogP contribution in [0.1, 0.15) is 106 Å². The quantitative estimate of drug-likeness (QED) is 0.0757. The molecule has 0 saturated heterocycles. The van der Waals surface area contributed by atoms with Gasteiger partial charge in [0.25, 0.3) is 5.91 Å². The van der Waals surface area contributed by atoms with Gasteiger partial charge < -0.3 is 30.2 Å². The lowest BCUT2D eigenvalue weighted by Crippen LogP contribution is -2.41. The van der Waals surface area contributed by atoms with E-state index >= 15 is 0 Å². The van der Waals surface area contributed by atoms with E-state index < -0.39 is 17.5 Å². The number of aliphatic hydroxyl groups excluding tert-OH is 1. The molecule has 3 unspecified atom stereocenters. The number of aliphatic imine (C=N–C) groups is 1. The topological polar surface area (TPSA) is 197 Å². The predicted octanol–water partition coefficient (Wildman–Crippen LogP) is 9.18. The zero-order chi connectivity index (χ0) is 43.0. The number of amidine groups is 1. The van der Waals surface area contributed by atoms with Crippen molar-refractivity contribution in [3.05, 3.63) is 79.8 Å². The van der Waals surface area contributed by atoms with Gasteiger partial charge in [-0.1, -0.05) is 81.5 Å². The molecule has 3 atom stereocenters. The van der Waals surface area contributed by atoms with Crippen LogP contribution in [0.2, 0.25) is 10.0 Å². The van der Waals surface area contributed by atoms with E-state index in [0.717, 1.165) is 17.7 Å². The van der Waals surface area contributed by atoms with Crippen LogP contribution < -0.4 is 10.1 Å². The number of carbonyl (C=O) groups excluding carboxylic acids is 2. The Morgan fingerprint density at radius 1 is 1.11 bits per heavy atom. The third-order valence-corrected chi connectivity index (χ3v) is 11.0. The molecule has 1 aromatic carbocycles. The van der Waals surface area contributed by atoms with Crippen molar-refractivity contribution in [3.63, 3.8) is 0 Å². The fraction of sp³-hybridized carbons (Fsp3) is 0.475. The van der Waals surface area contributed by atoms with Crippen molar-refractivity contribution in [1.82, 2.24) is 10.3 Å². The molecule has 1 aromatic heterocycles. The molecule has 4 N–H and O–H groups in total. The second kappa shape index (κ2) is 23.3. The van der Waals surface area contributed by atoms with Gasteiger partial charge in [0.05, 0.1) is 34.0 Å². The number of nitrogens with zero attached hydrogens (tertiary/aromatic N) is 3. The van der Waals surface area contributed by atoms with Crippen molar-refractivity contribution in [1.29, 1.82) is 0 Å². The van der Waals surface area contributed by atoms with Crippen LogP contribution in [0.25, 0.3) is 0 Å². The number of carboxylic acid groups (broad SMARTS) is 2. The maximum absolute atomic E-state index is 12.4. The number of aryl methyl sites for hydroxylation is 1. The molecule has 0 fully saturated rings. The molecule has 1 aliphatic carbocycles. The number of nitrogens with one attached hydrogen (secondary N) is 1. The van der Waals surface area contributed by atoms with Crippen LogP contribution in [0.15, 0.2) is 57.5 Å². The summed E-state index contributed by atoms with van der Waals surface area (Å²) in [6.45, 7) is 13.9. The Bertz CT molecular complexity index is 1900. The highest BCUT2D eigenvalue weighted by Gasteiger charge is 2.43. The number of carboxylic acids is 2. The Hall–Kier alpha value is -4.11. The number of aromatic nitrogens is 1. The molecular formula is C40H51Cl3N4O9S. The highest BCUT2D eigenvalue weighted by Crippen LogP contribution is 2.34. The SMILES string of the molecule is CCSC(C)CC1CC(=O)C(/C(CC)=N/OC/C=C/Cl)=C(O)C1.CCc1cnc(C2=NC(C)(C(C)C)C(=O)N2)c(C(=O)O)c1.COc1c(Cl)ccc(Cl)c1C(=O)O. The number of ether oxygens (including phenoxy) is 1. The first-order valence-electron chi connectivity index (χ1n) is 18.3. The summed E-state index contributed by atoms with van der Waals surface area (Å²) in [7, 11) is 1.34. The molecule has 312 valence electrons. The first kappa shape index (κ1) is 49.0. The maximum atomic E-state index is 12.4. The van der Waals surface area contributed by atoms with Gasteiger partial charge in [-0.2, -0.15) is 11.8 Å². The van der Waals surface area contributed by atoms with Gasteiger partial charge in [0, 0.05) is 29.8 Å². The Kier molecular flexibility index (Phi) is 20.1. The molecule has 0 bridgehead atoms. The van der Waals surface area contributed by atoms with Gasteiger partial charge in [-0.25, -0.2) is 14.6 Å². The van der Waals surface area contributed by atoms with Crippen LogP contribution in [0, 0.1) is 11.8 Å². The second-order valence-electron chi connectivity index (χ2n) is 13.4. The van der Waals surface area contributed by atoms with Crippen LogP contribution in [-0.4, -0.2) is 85.7 Å². The number of hydrogen-bond donors (Lipinski definition) is 4. The first-order chi connectivity index (χ1) is 26.9. The number of aromatic carboxylic acids is 2. The number of benzene rings is 1. The standard InChI is InChI=1S/C17H26ClNO3S.C15H19N3O3.C8H6Cl2O3/c1-4-14(19-22-8-6-7-18)17-15(20)10-13(11-16(17)21)9-12(3)23-5-2;1-5-9-6-10(13(19)20)11(16-7-9)12-17-14(21)15(4,18-12)8(2)3;1-13-7-5(10)3-2-4(9)6(7)8(11)12/h6-7,12-13,20H,4-5,8-11H2,1-3H3;6-8H,5H2,1-4H3,(H,19,20)(H,17,18,21);2-3H,1H3,(H,11,12)/b7-6+,19-14+;;. The summed E-state index contributed by atoms with van der Waals surface area (Å²) in [5.41, 5.74) is 2.28. The molecular weight excluding hydrogens is 819 g/mol. The van der Waals surface area contributed by atoms with Crippen molar-refractivity contribution in [2.75, 3.05) is 19.5 Å². The van der Waals surface area contributed by atoms with Gasteiger partial charge in [0.1, 0.15) is 29.2 Å². The van der Waals surface area contributed by atoms with E-state index in [9.17, 15) is 29.4 Å². The van der Waals surface area contributed by atoms with Crippen LogP contribution in [0.4, 0.5) is 0 Å². The lowest BCUT2D eigenvalue weighted by molar-refractivity contribution is -0.124. The monoisotopic (exact) mass is 868 g/mol. The molecule has 1 amide bonds. The Morgan fingerprint density at radius 3 is 2.26 bits per heavy atom. The lowest BCUT2D eigenvalue weighted by Gasteiger charge is -2.25. The van der Waals surface area contributed by atoms with E-state index in [1.807, 2.05) is 39.5 Å². The lowest BCUT2D eigenvalue weighted by atomic mass is 9.82.